The monoisotopic (exact) mass is 285 g/mol. The molecule has 3 aromatic rings. The van der Waals surface area contributed by atoms with E-state index >= 15 is 0 Å². The Bertz CT molecular complexity index is 737. The Hall–Kier alpha value is -3.00. The van der Waals surface area contributed by atoms with E-state index in [4.69, 9.17) is 5.41 Å². The van der Waals surface area contributed by atoms with Gasteiger partial charge in [-0.05, 0) is 0 Å². The van der Waals surface area contributed by atoms with E-state index in [9.17, 15) is 4.79 Å². The Morgan fingerprint density at radius 3 is 1.64 bits per heavy atom. The fraction of sp³-hybridized carbons (Fsp3) is 0. The lowest BCUT2D eigenvalue weighted by Gasteiger charge is -2.10. The summed E-state index contributed by atoms with van der Waals surface area (Å²) in [4.78, 5) is 12.7. The van der Waals surface area contributed by atoms with Crippen LogP contribution in [0.4, 0.5) is 0 Å². The van der Waals surface area contributed by atoms with Crippen molar-refractivity contribution in [3.05, 3.63) is 107 Å². The van der Waals surface area contributed by atoms with Crippen molar-refractivity contribution in [2.45, 2.75) is 0 Å². The predicted octanol–water partition coefficient (Wildman–Crippen LogP) is 4.33. The third-order valence-electron chi connectivity index (χ3n) is 3.54. The van der Waals surface area contributed by atoms with E-state index in [-0.39, 0.29) is 5.78 Å². The van der Waals surface area contributed by atoms with Gasteiger partial charge in [0.25, 0.3) is 0 Å². The molecule has 0 aromatic heterocycles. The second-order valence-corrected chi connectivity index (χ2v) is 4.98. The molecule has 0 spiro atoms. The average Bonchev–Trinajstić information content (AvgIpc) is 2.62. The van der Waals surface area contributed by atoms with E-state index < -0.39 is 0 Å². The maximum absolute atomic E-state index is 12.7. The van der Waals surface area contributed by atoms with Gasteiger partial charge in [0.1, 0.15) is 0 Å². The maximum Gasteiger partial charge on any atom is 0.193 e. The van der Waals surface area contributed by atoms with Crippen molar-refractivity contribution in [3.63, 3.8) is 0 Å². The zero-order chi connectivity index (χ0) is 15.4. The van der Waals surface area contributed by atoms with Crippen LogP contribution >= 0.6 is 0 Å². The molecule has 1 N–H and O–H groups in total. The van der Waals surface area contributed by atoms with Crippen molar-refractivity contribution in [1.29, 1.82) is 5.41 Å². The van der Waals surface area contributed by atoms with Crippen molar-refractivity contribution in [2.75, 3.05) is 0 Å². The van der Waals surface area contributed by atoms with Crippen LogP contribution in [0.2, 0.25) is 0 Å². The highest BCUT2D eigenvalue weighted by Gasteiger charge is 2.16. The van der Waals surface area contributed by atoms with Gasteiger partial charge >= 0.3 is 0 Å². The quantitative estimate of drug-likeness (QED) is 0.562. The molecular weight excluding hydrogens is 270 g/mol. The Morgan fingerprint density at radius 1 is 0.591 bits per heavy atom. The molecule has 22 heavy (non-hydrogen) atoms. The highest BCUT2D eigenvalue weighted by Crippen LogP contribution is 2.18. The van der Waals surface area contributed by atoms with Gasteiger partial charge in [-0.1, -0.05) is 84.9 Å². The molecule has 0 saturated carbocycles. The molecule has 0 bridgehead atoms. The lowest BCUT2D eigenvalue weighted by atomic mass is 9.93. The highest BCUT2D eigenvalue weighted by atomic mass is 16.1. The van der Waals surface area contributed by atoms with E-state index in [1.807, 2.05) is 66.7 Å². The van der Waals surface area contributed by atoms with Gasteiger partial charge in [-0.15, -0.1) is 0 Å². The number of nitrogens with one attached hydrogen (secondary N) is 1. The van der Waals surface area contributed by atoms with Gasteiger partial charge in [-0.3, -0.25) is 10.2 Å². The van der Waals surface area contributed by atoms with Gasteiger partial charge < -0.3 is 0 Å². The summed E-state index contributed by atoms with van der Waals surface area (Å²) in [5, 5.41) is 8.42. The summed E-state index contributed by atoms with van der Waals surface area (Å²) in [6, 6.07) is 25.9. The topological polar surface area (TPSA) is 40.9 Å². The molecule has 0 fully saturated rings. The molecule has 0 heterocycles. The Morgan fingerprint density at radius 2 is 1.05 bits per heavy atom. The summed E-state index contributed by atoms with van der Waals surface area (Å²) in [5.74, 6) is -0.0584. The van der Waals surface area contributed by atoms with Gasteiger partial charge in [0.15, 0.2) is 5.78 Å². The number of carbonyl (C=O) groups excluding carboxylic acids is 1. The second kappa shape index (κ2) is 6.19. The van der Waals surface area contributed by atoms with E-state index in [1.165, 1.54) is 0 Å². The first-order valence-electron chi connectivity index (χ1n) is 7.10. The largest absolute Gasteiger partial charge is 0.300 e. The molecule has 0 aliphatic rings. The van der Waals surface area contributed by atoms with E-state index in [0.717, 1.165) is 5.56 Å². The zero-order valence-electron chi connectivity index (χ0n) is 12.0. The van der Waals surface area contributed by atoms with Crippen molar-refractivity contribution in [1.82, 2.24) is 0 Å². The van der Waals surface area contributed by atoms with Crippen LogP contribution < -0.4 is 0 Å². The van der Waals surface area contributed by atoms with Crippen molar-refractivity contribution in [3.8, 4) is 0 Å². The molecule has 0 radical (unpaired) electrons. The van der Waals surface area contributed by atoms with Crippen LogP contribution in [0.25, 0.3) is 0 Å². The third kappa shape index (κ3) is 2.72. The predicted molar refractivity (Wildman–Crippen MR) is 88.7 cm³/mol. The summed E-state index contributed by atoms with van der Waals surface area (Å²) in [5.41, 5.74) is 3.01. The molecular formula is C20H15NO. The number of hydrogen-bond acceptors (Lipinski definition) is 2. The number of rotatable bonds is 4. The van der Waals surface area contributed by atoms with E-state index in [1.54, 1.807) is 18.2 Å². The lowest BCUT2D eigenvalue weighted by Crippen LogP contribution is -2.10. The molecule has 3 aromatic carbocycles. The molecule has 0 unspecified atom stereocenters. The van der Waals surface area contributed by atoms with Crippen LogP contribution in [-0.2, 0) is 0 Å². The summed E-state index contributed by atoms with van der Waals surface area (Å²) < 4.78 is 0. The molecule has 0 aliphatic heterocycles. The molecule has 2 nitrogen and oxygen atoms in total. The van der Waals surface area contributed by atoms with Gasteiger partial charge in [0.2, 0.25) is 0 Å². The van der Waals surface area contributed by atoms with E-state index in [0.29, 0.717) is 22.4 Å². The van der Waals surface area contributed by atoms with Crippen LogP contribution in [0.1, 0.15) is 27.0 Å². The molecule has 0 saturated heterocycles. The van der Waals surface area contributed by atoms with Crippen LogP contribution in [0.15, 0.2) is 84.9 Å². The number of hydrogen-bond donors (Lipinski definition) is 1. The molecule has 0 aliphatic carbocycles. The SMILES string of the molecule is N=C(c1ccccc1)c1ccccc1C(=O)c1ccccc1. The van der Waals surface area contributed by atoms with Gasteiger partial charge in [-0.25, -0.2) is 0 Å². The van der Waals surface area contributed by atoms with Crippen LogP contribution in [0.3, 0.4) is 0 Å². The molecule has 3 rings (SSSR count). The first-order chi connectivity index (χ1) is 10.8. The normalized spacial score (nSPS) is 10.2. The lowest BCUT2D eigenvalue weighted by molar-refractivity contribution is 0.103. The average molecular weight is 285 g/mol. The van der Waals surface area contributed by atoms with Crippen molar-refractivity contribution < 1.29 is 4.79 Å². The van der Waals surface area contributed by atoms with Crippen molar-refractivity contribution >= 4 is 11.5 Å². The van der Waals surface area contributed by atoms with Gasteiger partial charge in [-0.2, -0.15) is 0 Å². The van der Waals surface area contributed by atoms with Crippen LogP contribution in [0.5, 0.6) is 0 Å². The second-order valence-electron chi connectivity index (χ2n) is 4.98. The minimum Gasteiger partial charge on any atom is -0.300 e. The number of benzene rings is 3. The number of ketones is 1. The van der Waals surface area contributed by atoms with Gasteiger partial charge in [0, 0.05) is 22.3 Å². The fourth-order valence-corrected chi connectivity index (χ4v) is 2.40. The Kier molecular flexibility index (Phi) is 3.92. The summed E-state index contributed by atoms with van der Waals surface area (Å²) in [7, 11) is 0. The minimum absolute atomic E-state index is 0.0584. The first-order valence-corrected chi connectivity index (χ1v) is 7.10. The first kappa shape index (κ1) is 14.0. The Labute approximate surface area is 129 Å². The van der Waals surface area contributed by atoms with Crippen molar-refractivity contribution in [2.24, 2.45) is 0 Å². The summed E-state index contributed by atoms with van der Waals surface area (Å²) >= 11 is 0. The van der Waals surface area contributed by atoms with Crippen LogP contribution in [0, 0.1) is 5.41 Å². The van der Waals surface area contributed by atoms with Gasteiger partial charge in [0.05, 0.1) is 5.71 Å². The fourth-order valence-electron chi connectivity index (χ4n) is 2.40. The maximum atomic E-state index is 12.7. The van der Waals surface area contributed by atoms with Crippen LogP contribution in [-0.4, -0.2) is 11.5 Å². The smallest absolute Gasteiger partial charge is 0.193 e. The molecule has 0 atom stereocenters. The molecule has 2 heteroatoms. The van der Waals surface area contributed by atoms with E-state index in [2.05, 4.69) is 0 Å². The summed E-state index contributed by atoms with van der Waals surface area (Å²) in [6.45, 7) is 0. The highest BCUT2D eigenvalue weighted by molar-refractivity contribution is 6.20. The third-order valence-corrected chi connectivity index (χ3v) is 3.54. The molecule has 0 amide bonds. The number of carbonyl (C=O) groups is 1. The summed E-state index contributed by atoms with van der Waals surface area (Å²) in [6.07, 6.45) is 0. The standard InChI is InChI=1S/C20H15NO/c21-19(15-9-3-1-4-10-15)17-13-7-8-14-18(17)20(22)16-11-5-2-6-12-16/h1-14,21H. The minimum atomic E-state index is -0.0584. The molecule has 106 valence electrons. The zero-order valence-corrected chi connectivity index (χ0v) is 12.0. The Balaban J connectivity index is 2.04.